The zero-order chi connectivity index (χ0) is 13.9. The Morgan fingerprint density at radius 3 is 2.63 bits per heavy atom. The predicted molar refractivity (Wildman–Crippen MR) is 65.6 cm³/mol. The molecule has 0 aromatic carbocycles. The fourth-order valence-corrected chi connectivity index (χ4v) is 3.63. The summed E-state index contributed by atoms with van der Waals surface area (Å²) >= 11 is 0. The van der Waals surface area contributed by atoms with E-state index in [1.807, 2.05) is 0 Å². The van der Waals surface area contributed by atoms with E-state index in [0.717, 1.165) is 0 Å². The molecular formula is C11H16N2O5S. The van der Waals surface area contributed by atoms with E-state index in [2.05, 4.69) is 14.4 Å². The van der Waals surface area contributed by atoms with Gasteiger partial charge in [0, 0.05) is 12.1 Å². The van der Waals surface area contributed by atoms with E-state index >= 15 is 0 Å². The summed E-state index contributed by atoms with van der Waals surface area (Å²) in [4.78, 5) is 10.8. The highest BCUT2D eigenvalue weighted by atomic mass is 32.2. The minimum Gasteiger partial charge on any atom is -0.481 e. The number of hydrogen-bond donors (Lipinski definition) is 2. The minimum atomic E-state index is -3.46. The van der Waals surface area contributed by atoms with Gasteiger partial charge in [0.05, 0.1) is 11.6 Å². The van der Waals surface area contributed by atoms with Crippen molar-refractivity contribution in [1.82, 2.24) is 9.88 Å². The van der Waals surface area contributed by atoms with E-state index in [1.54, 1.807) is 0 Å². The van der Waals surface area contributed by atoms with E-state index in [4.69, 9.17) is 5.11 Å². The molecule has 0 aliphatic heterocycles. The molecule has 0 unspecified atom stereocenters. The maximum Gasteiger partial charge on any atom is 0.306 e. The van der Waals surface area contributed by atoms with Gasteiger partial charge in [-0.1, -0.05) is 5.16 Å². The van der Waals surface area contributed by atoms with E-state index in [1.165, 1.54) is 12.3 Å². The molecule has 0 amide bonds. The number of nitrogens with zero attached hydrogens (tertiary/aromatic N) is 1. The Labute approximate surface area is 111 Å². The number of carboxylic acid groups (broad SMARTS) is 1. The van der Waals surface area contributed by atoms with E-state index in [-0.39, 0.29) is 17.7 Å². The lowest BCUT2D eigenvalue weighted by atomic mass is 9.87. The highest BCUT2D eigenvalue weighted by Gasteiger charge is 2.28. The van der Waals surface area contributed by atoms with Crippen LogP contribution >= 0.6 is 0 Å². The molecule has 19 heavy (non-hydrogen) atoms. The molecule has 8 heteroatoms. The lowest BCUT2D eigenvalue weighted by Crippen LogP contribution is -2.39. The smallest absolute Gasteiger partial charge is 0.306 e. The summed E-state index contributed by atoms with van der Waals surface area (Å²) in [6.07, 6.45) is 3.44. The molecule has 2 N–H and O–H groups in total. The van der Waals surface area contributed by atoms with Gasteiger partial charge in [-0.25, -0.2) is 13.1 Å². The van der Waals surface area contributed by atoms with Crippen LogP contribution in [0.2, 0.25) is 0 Å². The van der Waals surface area contributed by atoms with Crippen LogP contribution in [0.3, 0.4) is 0 Å². The Morgan fingerprint density at radius 1 is 1.42 bits per heavy atom. The highest BCUT2D eigenvalue weighted by Crippen LogP contribution is 2.25. The maximum absolute atomic E-state index is 11.9. The third-order valence-electron chi connectivity index (χ3n) is 3.25. The summed E-state index contributed by atoms with van der Waals surface area (Å²) in [5.41, 5.74) is 0.353. The summed E-state index contributed by atoms with van der Waals surface area (Å²) in [7, 11) is -3.46. The number of sulfonamides is 1. The van der Waals surface area contributed by atoms with Crippen LogP contribution in [0.5, 0.6) is 0 Å². The van der Waals surface area contributed by atoms with Crippen LogP contribution in [-0.4, -0.2) is 30.7 Å². The maximum atomic E-state index is 11.9. The van der Waals surface area contributed by atoms with Crippen molar-refractivity contribution in [3.8, 4) is 0 Å². The third kappa shape index (κ3) is 4.03. The average Bonchev–Trinajstić information content (AvgIpc) is 2.81. The zero-order valence-electron chi connectivity index (χ0n) is 10.3. The first-order valence-electron chi connectivity index (χ1n) is 6.08. The third-order valence-corrected chi connectivity index (χ3v) is 4.62. The van der Waals surface area contributed by atoms with Gasteiger partial charge in [0.1, 0.15) is 12.0 Å². The van der Waals surface area contributed by atoms with Crippen LogP contribution in [0.15, 0.2) is 16.9 Å². The molecule has 1 saturated carbocycles. The summed E-state index contributed by atoms with van der Waals surface area (Å²) in [5, 5.41) is 12.4. The molecule has 0 bridgehead atoms. The molecule has 0 saturated heterocycles. The van der Waals surface area contributed by atoms with E-state index < -0.39 is 16.0 Å². The van der Waals surface area contributed by atoms with Crippen molar-refractivity contribution < 1.29 is 22.8 Å². The SMILES string of the molecule is O=C(O)C1CCC(NS(=O)(=O)Cc2ccon2)CC1. The summed E-state index contributed by atoms with van der Waals surface area (Å²) in [5.74, 6) is -1.37. The van der Waals surface area contributed by atoms with Gasteiger partial charge in [-0.3, -0.25) is 4.79 Å². The first-order chi connectivity index (χ1) is 8.96. The number of rotatable bonds is 5. The van der Waals surface area contributed by atoms with Gasteiger partial charge in [0.2, 0.25) is 10.0 Å². The minimum absolute atomic E-state index is 0.187. The van der Waals surface area contributed by atoms with Crippen molar-refractivity contribution >= 4 is 16.0 Å². The fraction of sp³-hybridized carbons (Fsp3) is 0.636. The van der Waals surface area contributed by atoms with Crippen LogP contribution < -0.4 is 4.72 Å². The van der Waals surface area contributed by atoms with Crippen LogP contribution in [0.4, 0.5) is 0 Å². The van der Waals surface area contributed by atoms with Gasteiger partial charge in [-0.05, 0) is 25.7 Å². The Balaban J connectivity index is 1.86. The number of carboxylic acids is 1. The predicted octanol–water partition coefficient (Wildman–Crippen LogP) is 0.737. The fourth-order valence-electron chi connectivity index (χ4n) is 2.26. The molecular weight excluding hydrogens is 272 g/mol. The Bertz CT molecular complexity index is 517. The van der Waals surface area contributed by atoms with Crippen molar-refractivity contribution in [3.05, 3.63) is 18.0 Å². The quantitative estimate of drug-likeness (QED) is 0.827. The van der Waals surface area contributed by atoms with Crippen molar-refractivity contribution in [2.75, 3.05) is 0 Å². The molecule has 1 aliphatic carbocycles. The van der Waals surface area contributed by atoms with Crippen molar-refractivity contribution in [2.45, 2.75) is 37.5 Å². The first kappa shape index (κ1) is 14.0. The Hall–Kier alpha value is -1.41. The largest absolute Gasteiger partial charge is 0.481 e. The van der Waals surface area contributed by atoms with Gasteiger partial charge >= 0.3 is 5.97 Å². The molecule has 1 aromatic rings. The van der Waals surface area contributed by atoms with Crippen molar-refractivity contribution in [1.29, 1.82) is 0 Å². The normalized spacial score (nSPS) is 24.2. The second-order valence-corrected chi connectivity index (χ2v) is 6.51. The Kier molecular flexibility index (Phi) is 4.20. The molecule has 1 aliphatic rings. The summed E-state index contributed by atoms with van der Waals surface area (Å²) < 4.78 is 30.9. The van der Waals surface area contributed by atoms with Gasteiger partial charge < -0.3 is 9.63 Å². The van der Waals surface area contributed by atoms with Gasteiger partial charge in [0.15, 0.2) is 0 Å². The lowest BCUT2D eigenvalue weighted by molar-refractivity contribution is -0.142. The zero-order valence-corrected chi connectivity index (χ0v) is 11.1. The second kappa shape index (κ2) is 5.70. The molecule has 7 nitrogen and oxygen atoms in total. The molecule has 1 fully saturated rings. The number of carbonyl (C=O) groups is 1. The van der Waals surface area contributed by atoms with Crippen LogP contribution in [-0.2, 0) is 20.6 Å². The molecule has 1 heterocycles. The number of aliphatic carboxylic acids is 1. The average molecular weight is 288 g/mol. The molecule has 106 valence electrons. The van der Waals surface area contributed by atoms with E-state index in [0.29, 0.717) is 31.4 Å². The highest BCUT2D eigenvalue weighted by molar-refractivity contribution is 7.88. The molecule has 0 atom stereocenters. The van der Waals surface area contributed by atoms with Gasteiger partial charge in [0.25, 0.3) is 0 Å². The lowest BCUT2D eigenvalue weighted by Gasteiger charge is -2.26. The van der Waals surface area contributed by atoms with Crippen LogP contribution in [0.1, 0.15) is 31.4 Å². The summed E-state index contributed by atoms with van der Waals surface area (Å²) in [6.45, 7) is 0. The second-order valence-electron chi connectivity index (χ2n) is 4.75. The molecule has 1 aromatic heterocycles. The van der Waals surface area contributed by atoms with Crippen molar-refractivity contribution in [3.63, 3.8) is 0 Å². The molecule has 2 rings (SSSR count). The van der Waals surface area contributed by atoms with Crippen LogP contribution in [0, 0.1) is 5.92 Å². The Morgan fingerprint density at radius 2 is 2.11 bits per heavy atom. The van der Waals surface area contributed by atoms with Gasteiger partial charge in [-0.15, -0.1) is 0 Å². The monoisotopic (exact) mass is 288 g/mol. The van der Waals surface area contributed by atoms with Gasteiger partial charge in [-0.2, -0.15) is 0 Å². The first-order valence-corrected chi connectivity index (χ1v) is 7.73. The summed E-state index contributed by atoms with van der Waals surface area (Å²) in [6, 6.07) is 1.31. The van der Waals surface area contributed by atoms with Crippen LogP contribution in [0.25, 0.3) is 0 Å². The molecule has 0 spiro atoms. The topological polar surface area (TPSA) is 110 Å². The standard InChI is InChI=1S/C11H16N2O5S/c14-11(15)8-1-3-9(4-2-8)13-19(16,17)7-10-5-6-18-12-10/h5-6,8-9,13H,1-4,7H2,(H,14,15). The molecule has 0 radical (unpaired) electrons. The number of nitrogens with one attached hydrogen (secondary N) is 1. The number of hydrogen-bond acceptors (Lipinski definition) is 5. The number of aromatic nitrogens is 1. The van der Waals surface area contributed by atoms with E-state index in [9.17, 15) is 13.2 Å². The van der Waals surface area contributed by atoms with Crippen molar-refractivity contribution in [2.24, 2.45) is 5.92 Å².